The van der Waals surface area contributed by atoms with Crippen LogP contribution in [0.15, 0.2) is 84.9 Å². The van der Waals surface area contributed by atoms with Crippen molar-refractivity contribution >= 4 is 5.91 Å². The summed E-state index contributed by atoms with van der Waals surface area (Å²) in [6.07, 6.45) is 0.884. The number of amides is 1. The van der Waals surface area contributed by atoms with Gasteiger partial charge in [0.15, 0.2) is 0 Å². The Morgan fingerprint density at radius 2 is 1.55 bits per heavy atom. The third kappa shape index (κ3) is 4.22. The van der Waals surface area contributed by atoms with Crippen molar-refractivity contribution in [2.45, 2.75) is 13.3 Å². The standard InChI is InChI=1S/C25H22N2O2/c1-17-22(25(26)28)16-23(27-17)21-9-5-6-10-24(21)29-20-13-11-19(12-14-20)15-18-7-3-2-4-8-18/h2-14,16,27H,15H2,1H3,(H2,26,28). The molecule has 4 rings (SSSR count). The monoisotopic (exact) mass is 382 g/mol. The molecule has 0 atom stereocenters. The number of carbonyl (C=O) groups excluding carboxylic acids is 1. The van der Waals surface area contributed by atoms with E-state index in [9.17, 15) is 4.79 Å². The number of primary amides is 1. The number of ether oxygens (including phenoxy) is 1. The number of aryl methyl sites for hydroxylation is 1. The molecule has 0 aliphatic rings. The van der Waals surface area contributed by atoms with Crippen LogP contribution in [0.4, 0.5) is 0 Å². The summed E-state index contributed by atoms with van der Waals surface area (Å²) in [4.78, 5) is 14.8. The van der Waals surface area contributed by atoms with Gasteiger partial charge in [-0.05, 0) is 54.8 Å². The minimum atomic E-state index is -0.447. The molecule has 0 saturated carbocycles. The molecule has 0 aliphatic carbocycles. The molecule has 1 aromatic heterocycles. The number of benzene rings is 3. The number of para-hydroxylation sites is 1. The molecule has 1 heterocycles. The van der Waals surface area contributed by atoms with Crippen LogP contribution in [0.1, 0.15) is 27.2 Å². The molecule has 4 heteroatoms. The Kier molecular flexibility index (Phi) is 5.16. The summed E-state index contributed by atoms with van der Waals surface area (Å²) < 4.78 is 6.14. The number of hydrogen-bond donors (Lipinski definition) is 2. The van der Waals surface area contributed by atoms with Crippen molar-refractivity contribution in [3.8, 4) is 22.8 Å². The zero-order valence-corrected chi connectivity index (χ0v) is 16.2. The predicted octanol–water partition coefficient (Wildman–Crippen LogP) is 5.47. The van der Waals surface area contributed by atoms with Crippen LogP contribution in [0.3, 0.4) is 0 Å². The predicted molar refractivity (Wildman–Crippen MR) is 115 cm³/mol. The second-order valence-electron chi connectivity index (χ2n) is 6.99. The van der Waals surface area contributed by atoms with Gasteiger partial charge in [0, 0.05) is 11.3 Å². The van der Waals surface area contributed by atoms with Crippen molar-refractivity contribution in [1.82, 2.24) is 4.98 Å². The highest BCUT2D eigenvalue weighted by molar-refractivity contribution is 5.95. The van der Waals surface area contributed by atoms with Gasteiger partial charge in [-0.25, -0.2) is 0 Å². The van der Waals surface area contributed by atoms with Crippen LogP contribution in [0, 0.1) is 6.92 Å². The lowest BCUT2D eigenvalue weighted by atomic mass is 10.1. The van der Waals surface area contributed by atoms with Gasteiger partial charge in [-0.3, -0.25) is 4.79 Å². The highest BCUT2D eigenvalue weighted by atomic mass is 16.5. The first-order valence-corrected chi connectivity index (χ1v) is 9.49. The van der Waals surface area contributed by atoms with E-state index < -0.39 is 5.91 Å². The van der Waals surface area contributed by atoms with E-state index in [1.165, 1.54) is 11.1 Å². The van der Waals surface area contributed by atoms with E-state index in [1.807, 2.05) is 49.4 Å². The Balaban J connectivity index is 1.56. The topological polar surface area (TPSA) is 68.1 Å². The molecular formula is C25H22N2O2. The highest BCUT2D eigenvalue weighted by Crippen LogP contribution is 2.33. The lowest BCUT2D eigenvalue weighted by molar-refractivity contribution is 0.1000. The molecule has 4 aromatic rings. The summed E-state index contributed by atoms with van der Waals surface area (Å²) in [7, 11) is 0. The van der Waals surface area contributed by atoms with Gasteiger partial charge >= 0.3 is 0 Å². The fraction of sp³-hybridized carbons (Fsp3) is 0.0800. The van der Waals surface area contributed by atoms with E-state index in [-0.39, 0.29) is 0 Å². The molecule has 0 radical (unpaired) electrons. The molecule has 29 heavy (non-hydrogen) atoms. The number of nitrogens with one attached hydrogen (secondary N) is 1. The summed E-state index contributed by atoms with van der Waals surface area (Å²) in [6.45, 7) is 1.83. The molecule has 0 bridgehead atoms. The Labute approximate surface area is 170 Å². The second-order valence-corrected chi connectivity index (χ2v) is 6.99. The van der Waals surface area contributed by atoms with Gasteiger partial charge in [0.2, 0.25) is 0 Å². The summed E-state index contributed by atoms with van der Waals surface area (Å²) >= 11 is 0. The Morgan fingerprint density at radius 3 is 2.24 bits per heavy atom. The van der Waals surface area contributed by atoms with E-state index in [0.29, 0.717) is 11.3 Å². The number of aromatic nitrogens is 1. The fourth-order valence-corrected chi connectivity index (χ4v) is 3.37. The first kappa shape index (κ1) is 18.6. The number of nitrogens with two attached hydrogens (primary N) is 1. The Hall–Kier alpha value is -3.79. The smallest absolute Gasteiger partial charge is 0.250 e. The van der Waals surface area contributed by atoms with E-state index in [2.05, 4.69) is 41.4 Å². The summed E-state index contributed by atoms with van der Waals surface area (Å²) in [6, 6.07) is 28.0. The van der Waals surface area contributed by atoms with E-state index in [4.69, 9.17) is 10.5 Å². The van der Waals surface area contributed by atoms with E-state index >= 15 is 0 Å². The van der Waals surface area contributed by atoms with Gasteiger partial charge in [-0.2, -0.15) is 0 Å². The van der Waals surface area contributed by atoms with Crippen LogP contribution in [-0.4, -0.2) is 10.9 Å². The molecule has 3 aromatic carbocycles. The third-order valence-corrected chi connectivity index (χ3v) is 4.86. The number of carbonyl (C=O) groups is 1. The van der Waals surface area contributed by atoms with Crippen LogP contribution in [0.5, 0.6) is 11.5 Å². The maximum absolute atomic E-state index is 11.6. The number of hydrogen-bond acceptors (Lipinski definition) is 2. The third-order valence-electron chi connectivity index (χ3n) is 4.86. The SMILES string of the molecule is Cc1[nH]c(-c2ccccc2Oc2ccc(Cc3ccccc3)cc2)cc1C(N)=O. The maximum Gasteiger partial charge on any atom is 0.250 e. The van der Waals surface area contributed by atoms with Crippen molar-refractivity contribution in [2.75, 3.05) is 0 Å². The number of aromatic amines is 1. The van der Waals surface area contributed by atoms with Crippen LogP contribution in [0.2, 0.25) is 0 Å². The Morgan fingerprint density at radius 1 is 0.897 bits per heavy atom. The fourth-order valence-electron chi connectivity index (χ4n) is 3.37. The van der Waals surface area contributed by atoms with Gasteiger partial charge in [-0.15, -0.1) is 0 Å². The van der Waals surface area contributed by atoms with Gasteiger partial charge in [-0.1, -0.05) is 54.6 Å². The second kappa shape index (κ2) is 8.07. The van der Waals surface area contributed by atoms with Crippen molar-refractivity contribution in [3.63, 3.8) is 0 Å². The molecule has 0 spiro atoms. The molecule has 1 amide bonds. The number of rotatable bonds is 6. The van der Waals surface area contributed by atoms with Crippen molar-refractivity contribution in [2.24, 2.45) is 5.73 Å². The number of H-pyrrole nitrogens is 1. The van der Waals surface area contributed by atoms with Crippen molar-refractivity contribution in [3.05, 3.63) is 107 Å². The first-order chi connectivity index (χ1) is 14.1. The van der Waals surface area contributed by atoms with Gasteiger partial charge in [0.1, 0.15) is 11.5 Å². The van der Waals surface area contributed by atoms with Gasteiger partial charge < -0.3 is 15.5 Å². The highest BCUT2D eigenvalue weighted by Gasteiger charge is 2.14. The van der Waals surface area contributed by atoms with Crippen LogP contribution >= 0.6 is 0 Å². The lowest BCUT2D eigenvalue weighted by Crippen LogP contribution is -2.10. The molecule has 0 aliphatic heterocycles. The summed E-state index contributed by atoms with van der Waals surface area (Å²) in [5, 5.41) is 0. The molecule has 0 fully saturated rings. The summed E-state index contributed by atoms with van der Waals surface area (Å²) in [5.74, 6) is 1.02. The van der Waals surface area contributed by atoms with Gasteiger partial charge in [0.25, 0.3) is 5.91 Å². The molecule has 4 nitrogen and oxygen atoms in total. The maximum atomic E-state index is 11.6. The zero-order valence-electron chi connectivity index (χ0n) is 16.2. The van der Waals surface area contributed by atoms with E-state index in [0.717, 1.165) is 29.1 Å². The average molecular weight is 382 g/mol. The van der Waals surface area contributed by atoms with Crippen molar-refractivity contribution < 1.29 is 9.53 Å². The van der Waals surface area contributed by atoms with Crippen LogP contribution in [0.25, 0.3) is 11.3 Å². The van der Waals surface area contributed by atoms with E-state index in [1.54, 1.807) is 6.07 Å². The quantitative estimate of drug-likeness (QED) is 0.464. The molecular weight excluding hydrogens is 360 g/mol. The summed E-state index contributed by atoms with van der Waals surface area (Å²) in [5.41, 5.74) is 10.8. The lowest BCUT2D eigenvalue weighted by Gasteiger charge is -2.11. The molecule has 144 valence electrons. The molecule has 3 N–H and O–H groups in total. The van der Waals surface area contributed by atoms with Crippen LogP contribution < -0.4 is 10.5 Å². The van der Waals surface area contributed by atoms with Crippen molar-refractivity contribution in [1.29, 1.82) is 0 Å². The molecule has 0 unspecified atom stereocenters. The minimum absolute atomic E-state index is 0.447. The first-order valence-electron chi connectivity index (χ1n) is 9.49. The normalized spacial score (nSPS) is 10.7. The average Bonchev–Trinajstić information content (AvgIpc) is 3.12. The zero-order chi connectivity index (χ0) is 20.2. The largest absolute Gasteiger partial charge is 0.457 e. The Bertz CT molecular complexity index is 1130. The minimum Gasteiger partial charge on any atom is -0.457 e. The van der Waals surface area contributed by atoms with Crippen LogP contribution in [-0.2, 0) is 6.42 Å². The van der Waals surface area contributed by atoms with Gasteiger partial charge in [0.05, 0.1) is 11.3 Å². The molecule has 0 saturated heterocycles.